The minimum Gasteiger partial charge on any atom is -0.497 e. The van der Waals surface area contributed by atoms with Crippen LogP contribution in [-0.4, -0.2) is 53.9 Å². The Labute approximate surface area is 182 Å². The summed E-state index contributed by atoms with van der Waals surface area (Å²) >= 11 is 0. The molecule has 0 unspecified atom stereocenters. The monoisotopic (exact) mass is 423 g/mol. The number of carbonyl (C=O) groups is 3. The number of fused-ring (bicyclic) bond motifs is 1. The molecule has 0 radical (unpaired) electrons. The Bertz CT molecular complexity index is 1030. The van der Waals surface area contributed by atoms with Crippen molar-refractivity contribution in [2.24, 2.45) is 5.92 Å². The summed E-state index contributed by atoms with van der Waals surface area (Å²) < 4.78 is 5.26. The second-order valence-corrected chi connectivity index (χ2v) is 8.88. The van der Waals surface area contributed by atoms with Gasteiger partial charge in [0.1, 0.15) is 17.8 Å². The summed E-state index contributed by atoms with van der Waals surface area (Å²) in [5.41, 5.74) is 0.158. The van der Waals surface area contributed by atoms with Gasteiger partial charge in [-0.15, -0.1) is 0 Å². The molecule has 7 heteroatoms. The van der Waals surface area contributed by atoms with Crippen LogP contribution >= 0.6 is 0 Å². The molecule has 2 fully saturated rings. The van der Waals surface area contributed by atoms with Crippen molar-refractivity contribution in [2.75, 3.05) is 20.7 Å². The molecule has 1 aliphatic heterocycles. The summed E-state index contributed by atoms with van der Waals surface area (Å²) in [6, 6.07) is 11.4. The molecular weight excluding hydrogens is 394 g/mol. The topological polar surface area (TPSA) is 79.0 Å². The Kier molecular flexibility index (Phi) is 5.60. The van der Waals surface area contributed by atoms with E-state index in [-0.39, 0.29) is 18.4 Å². The Morgan fingerprint density at radius 2 is 1.84 bits per heavy atom. The van der Waals surface area contributed by atoms with Crippen LogP contribution in [0.5, 0.6) is 5.75 Å². The van der Waals surface area contributed by atoms with Gasteiger partial charge < -0.3 is 15.0 Å². The van der Waals surface area contributed by atoms with Crippen LogP contribution in [0, 0.1) is 5.92 Å². The van der Waals surface area contributed by atoms with E-state index < -0.39 is 11.6 Å². The highest BCUT2D eigenvalue weighted by atomic mass is 16.5. The third-order valence-corrected chi connectivity index (χ3v) is 6.62. The molecule has 1 heterocycles. The molecule has 2 aromatic rings. The second kappa shape index (κ2) is 8.21. The number of ether oxygens (including phenoxy) is 1. The lowest BCUT2D eigenvalue weighted by atomic mass is 9.77. The minimum atomic E-state index is -0.818. The standard InChI is InChI=1S/C24H29N3O4/c1-16-8-10-24(11-9-16)22(29)27(23(30)25-24)15-21(28)26(2)14-17-4-5-19-13-20(31-3)7-6-18(19)12-17/h4-7,12-13,16H,8-11,14-15H2,1-3H3,(H,25,30). The van der Waals surface area contributed by atoms with Gasteiger partial charge in [0.15, 0.2) is 0 Å². The van der Waals surface area contributed by atoms with Crippen molar-refractivity contribution in [3.8, 4) is 5.75 Å². The lowest BCUT2D eigenvalue weighted by Crippen LogP contribution is -2.50. The molecule has 4 rings (SSSR count). The lowest BCUT2D eigenvalue weighted by molar-refractivity contribution is -0.139. The molecule has 2 aliphatic rings. The molecule has 1 saturated heterocycles. The van der Waals surface area contributed by atoms with Crippen molar-refractivity contribution in [3.05, 3.63) is 42.0 Å². The highest BCUT2D eigenvalue weighted by Gasteiger charge is 2.52. The number of benzene rings is 2. The number of hydrogen-bond donors (Lipinski definition) is 1. The lowest BCUT2D eigenvalue weighted by Gasteiger charge is -2.33. The van der Waals surface area contributed by atoms with Crippen molar-refractivity contribution in [1.29, 1.82) is 0 Å². The van der Waals surface area contributed by atoms with Crippen LogP contribution in [0.1, 0.15) is 38.2 Å². The highest BCUT2D eigenvalue weighted by Crippen LogP contribution is 2.36. The number of imide groups is 1. The Balaban J connectivity index is 1.41. The van der Waals surface area contributed by atoms with Gasteiger partial charge in [-0.2, -0.15) is 0 Å². The zero-order valence-electron chi connectivity index (χ0n) is 18.3. The fraction of sp³-hybridized carbons (Fsp3) is 0.458. The van der Waals surface area contributed by atoms with Crippen LogP contribution in [0.15, 0.2) is 36.4 Å². The molecular formula is C24H29N3O4. The summed E-state index contributed by atoms with van der Waals surface area (Å²) in [6.45, 7) is 2.32. The van der Waals surface area contributed by atoms with Crippen LogP contribution in [0.3, 0.4) is 0 Å². The molecule has 1 spiro atoms. The SMILES string of the molecule is COc1ccc2cc(CN(C)C(=O)CN3C(=O)NC4(CCC(C)CC4)C3=O)ccc2c1. The first-order valence-corrected chi connectivity index (χ1v) is 10.8. The van der Waals surface area contributed by atoms with Gasteiger partial charge in [0, 0.05) is 13.6 Å². The predicted octanol–water partition coefficient (Wildman–Crippen LogP) is 3.31. The maximum atomic E-state index is 13.0. The molecule has 2 aromatic carbocycles. The van der Waals surface area contributed by atoms with E-state index in [1.807, 2.05) is 36.4 Å². The molecule has 0 bridgehead atoms. The van der Waals surface area contributed by atoms with Gasteiger partial charge in [0.25, 0.3) is 5.91 Å². The number of hydrogen-bond acceptors (Lipinski definition) is 4. The molecule has 7 nitrogen and oxygen atoms in total. The summed E-state index contributed by atoms with van der Waals surface area (Å²) in [5, 5.41) is 4.99. The number of nitrogens with one attached hydrogen (secondary N) is 1. The smallest absolute Gasteiger partial charge is 0.325 e. The maximum absolute atomic E-state index is 13.0. The summed E-state index contributed by atoms with van der Waals surface area (Å²) in [4.78, 5) is 40.9. The van der Waals surface area contributed by atoms with Crippen LogP contribution in [0.25, 0.3) is 10.8 Å². The predicted molar refractivity (Wildman–Crippen MR) is 118 cm³/mol. The van der Waals surface area contributed by atoms with Gasteiger partial charge in [0.05, 0.1) is 7.11 Å². The van der Waals surface area contributed by atoms with E-state index in [4.69, 9.17) is 4.74 Å². The average Bonchev–Trinajstić information content (AvgIpc) is 2.99. The Hall–Kier alpha value is -3.09. The number of carbonyl (C=O) groups excluding carboxylic acids is 3. The van der Waals surface area contributed by atoms with Crippen LogP contribution in [0.2, 0.25) is 0 Å². The number of methoxy groups -OCH3 is 1. The maximum Gasteiger partial charge on any atom is 0.325 e. The van der Waals surface area contributed by atoms with Crippen LogP contribution in [0.4, 0.5) is 4.79 Å². The summed E-state index contributed by atoms with van der Waals surface area (Å²) in [7, 11) is 3.33. The third-order valence-electron chi connectivity index (χ3n) is 6.62. The number of urea groups is 1. The van der Waals surface area contributed by atoms with Gasteiger partial charge in [-0.1, -0.05) is 25.1 Å². The molecule has 31 heavy (non-hydrogen) atoms. The number of rotatable bonds is 5. The Morgan fingerprint density at radius 1 is 1.16 bits per heavy atom. The van der Waals surface area contributed by atoms with Crippen molar-refractivity contribution >= 4 is 28.6 Å². The van der Waals surface area contributed by atoms with Crippen molar-refractivity contribution < 1.29 is 19.1 Å². The molecule has 1 saturated carbocycles. The fourth-order valence-corrected chi connectivity index (χ4v) is 4.53. The van der Waals surface area contributed by atoms with Crippen molar-refractivity contribution in [1.82, 2.24) is 15.1 Å². The molecule has 1 N–H and O–H groups in total. The third kappa shape index (κ3) is 4.09. The zero-order chi connectivity index (χ0) is 22.2. The minimum absolute atomic E-state index is 0.233. The Morgan fingerprint density at radius 3 is 2.55 bits per heavy atom. The zero-order valence-corrected chi connectivity index (χ0v) is 18.3. The second-order valence-electron chi connectivity index (χ2n) is 8.88. The quantitative estimate of drug-likeness (QED) is 0.749. The number of amides is 4. The van der Waals surface area contributed by atoms with E-state index in [2.05, 4.69) is 12.2 Å². The normalized spacial score (nSPS) is 23.3. The van der Waals surface area contributed by atoms with Crippen LogP contribution in [-0.2, 0) is 16.1 Å². The van der Waals surface area contributed by atoms with E-state index in [0.29, 0.717) is 25.3 Å². The molecule has 1 aliphatic carbocycles. The van der Waals surface area contributed by atoms with E-state index in [9.17, 15) is 14.4 Å². The van der Waals surface area contributed by atoms with E-state index >= 15 is 0 Å². The summed E-state index contributed by atoms with van der Waals surface area (Å²) in [5.74, 6) is 0.830. The van der Waals surface area contributed by atoms with E-state index in [1.165, 1.54) is 0 Å². The first-order chi connectivity index (χ1) is 14.8. The van der Waals surface area contributed by atoms with E-state index in [0.717, 1.165) is 39.8 Å². The average molecular weight is 424 g/mol. The first kappa shape index (κ1) is 21.2. The highest BCUT2D eigenvalue weighted by molar-refractivity contribution is 6.09. The van der Waals surface area contributed by atoms with Crippen LogP contribution < -0.4 is 10.1 Å². The molecule has 4 amide bonds. The van der Waals surface area contributed by atoms with Gasteiger partial charge in [-0.25, -0.2) is 4.79 Å². The molecule has 0 atom stereocenters. The fourth-order valence-electron chi connectivity index (χ4n) is 4.53. The number of nitrogens with zero attached hydrogens (tertiary/aromatic N) is 2. The molecule has 0 aromatic heterocycles. The summed E-state index contributed by atoms with van der Waals surface area (Å²) in [6.07, 6.45) is 3.09. The van der Waals surface area contributed by atoms with Gasteiger partial charge in [-0.3, -0.25) is 14.5 Å². The van der Waals surface area contributed by atoms with E-state index in [1.54, 1.807) is 19.1 Å². The largest absolute Gasteiger partial charge is 0.497 e. The van der Waals surface area contributed by atoms with Crippen molar-refractivity contribution in [2.45, 2.75) is 44.7 Å². The van der Waals surface area contributed by atoms with Crippen molar-refractivity contribution in [3.63, 3.8) is 0 Å². The van der Waals surface area contributed by atoms with Gasteiger partial charge >= 0.3 is 6.03 Å². The first-order valence-electron chi connectivity index (χ1n) is 10.8. The van der Waals surface area contributed by atoms with Gasteiger partial charge in [0.2, 0.25) is 5.91 Å². The number of likely N-dealkylation sites (N-methyl/N-ethyl adjacent to an activating group) is 1. The van der Waals surface area contributed by atoms with Gasteiger partial charge in [-0.05, 0) is 66.1 Å². The molecule has 164 valence electrons.